The minimum atomic E-state index is -0.554. The van der Waals surface area contributed by atoms with Gasteiger partial charge in [-0.25, -0.2) is 9.59 Å². The van der Waals surface area contributed by atoms with E-state index in [1.54, 1.807) is 41.5 Å². The number of hydrogen-bond donors (Lipinski definition) is 2. The number of carbonyl (C=O) groups excluding carboxylic acids is 2. The van der Waals surface area contributed by atoms with Gasteiger partial charge >= 0.3 is 11.8 Å². The largest absolute Gasteiger partial charge is 0.426 e. The first-order valence-corrected chi connectivity index (χ1v) is 11.2. The topological polar surface area (TPSA) is 108 Å². The van der Waals surface area contributed by atoms with Gasteiger partial charge in [-0.2, -0.15) is 0 Å². The first kappa shape index (κ1) is 23.3. The van der Waals surface area contributed by atoms with Crippen molar-refractivity contribution < 1.29 is 18.8 Å². The number of halogens is 2. The van der Waals surface area contributed by atoms with Gasteiger partial charge in [0.05, 0.1) is 5.52 Å². The molecule has 0 bridgehead atoms. The zero-order valence-electron chi connectivity index (χ0n) is 17.6. The van der Waals surface area contributed by atoms with Crippen molar-refractivity contribution in [3.05, 3.63) is 68.1 Å². The molecular formula is C22H22Cl2N4O5. The Kier molecular flexibility index (Phi) is 7.34. The Morgan fingerprint density at radius 3 is 2.52 bits per heavy atom. The Hall–Kier alpha value is -2.85. The van der Waals surface area contributed by atoms with Crippen LogP contribution >= 0.6 is 23.2 Å². The highest BCUT2D eigenvalue weighted by molar-refractivity contribution is 6.34. The van der Waals surface area contributed by atoms with E-state index in [4.69, 9.17) is 32.5 Å². The molecule has 0 spiro atoms. The highest BCUT2D eigenvalue weighted by Gasteiger charge is 2.21. The summed E-state index contributed by atoms with van der Waals surface area (Å²) in [6.07, 6.45) is -0.217. The second-order valence-corrected chi connectivity index (χ2v) is 8.55. The van der Waals surface area contributed by atoms with Crippen LogP contribution in [0.25, 0.3) is 11.1 Å². The number of aromatic nitrogens is 1. The molecule has 0 atom stereocenters. The number of nitrogens with zero attached hydrogens (tertiary/aromatic N) is 2. The van der Waals surface area contributed by atoms with Gasteiger partial charge in [-0.15, -0.1) is 5.06 Å². The van der Waals surface area contributed by atoms with E-state index in [0.29, 0.717) is 65.9 Å². The number of oxazole rings is 1. The van der Waals surface area contributed by atoms with Gasteiger partial charge in [-0.1, -0.05) is 23.2 Å². The van der Waals surface area contributed by atoms with Crippen LogP contribution in [0, 0.1) is 0 Å². The summed E-state index contributed by atoms with van der Waals surface area (Å²) in [6.45, 7) is 3.23. The van der Waals surface area contributed by atoms with E-state index in [9.17, 15) is 14.4 Å². The number of piperazine rings is 1. The monoisotopic (exact) mass is 492 g/mol. The lowest BCUT2D eigenvalue weighted by Crippen LogP contribution is -2.48. The number of H-pyrrole nitrogens is 1. The van der Waals surface area contributed by atoms with Crippen LogP contribution in [0.3, 0.4) is 0 Å². The van der Waals surface area contributed by atoms with Crippen LogP contribution in [-0.2, 0) is 11.4 Å². The van der Waals surface area contributed by atoms with Crippen LogP contribution in [0.1, 0.15) is 22.3 Å². The lowest BCUT2D eigenvalue weighted by Gasteiger charge is -2.33. The van der Waals surface area contributed by atoms with Crippen LogP contribution in [0.5, 0.6) is 0 Å². The van der Waals surface area contributed by atoms with Crippen molar-refractivity contribution >= 4 is 46.2 Å². The number of amides is 1. The van der Waals surface area contributed by atoms with Crippen molar-refractivity contribution in [1.29, 1.82) is 0 Å². The third kappa shape index (κ3) is 6.35. The van der Waals surface area contributed by atoms with Crippen LogP contribution in [-0.4, -0.2) is 59.5 Å². The van der Waals surface area contributed by atoms with Gasteiger partial charge < -0.3 is 19.5 Å². The molecule has 0 aliphatic carbocycles. The normalized spacial score (nSPS) is 15.0. The summed E-state index contributed by atoms with van der Waals surface area (Å²) in [6, 6.07) is 9.99. The molecule has 1 fully saturated rings. The molecular weight excluding hydrogens is 471 g/mol. The summed E-state index contributed by atoms with van der Waals surface area (Å²) < 4.78 is 5.01. The molecule has 33 heavy (non-hydrogen) atoms. The third-order valence-electron chi connectivity index (χ3n) is 5.30. The highest BCUT2D eigenvalue weighted by Crippen LogP contribution is 2.19. The van der Waals surface area contributed by atoms with E-state index in [1.165, 1.54) is 0 Å². The van der Waals surface area contributed by atoms with Crippen LogP contribution < -0.4 is 11.1 Å². The van der Waals surface area contributed by atoms with Crippen molar-refractivity contribution in [3.8, 4) is 0 Å². The smallest absolute Gasteiger partial charge is 0.408 e. The molecule has 1 aromatic heterocycles. The zero-order chi connectivity index (χ0) is 23.4. The molecule has 1 aliphatic heterocycles. The fraction of sp³-hybridized carbons (Fsp3) is 0.318. The standard InChI is InChI=1S/C22H22Cl2N4O5/c23-16-9-14(10-17(24)12-16)13-25-21(30)33-28-7-5-27(6-8-28)4-3-19(29)15-1-2-18-20(11-15)32-22(31)26-18/h1-2,9-12H,3-8,13H2,(H,25,30)(H,26,31). The molecule has 1 amide bonds. The molecule has 3 aromatic rings. The maximum atomic E-state index is 12.5. The SMILES string of the molecule is O=C(NCc1cc(Cl)cc(Cl)c1)ON1CCN(CCC(=O)c2ccc3[nH]c(=O)oc3c2)CC1. The Morgan fingerprint density at radius 1 is 1.06 bits per heavy atom. The summed E-state index contributed by atoms with van der Waals surface area (Å²) >= 11 is 11.9. The maximum Gasteiger partial charge on any atom is 0.426 e. The molecule has 9 nitrogen and oxygen atoms in total. The minimum absolute atomic E-state index is 0.0278. The maximum absolute atomic E-state index is 12.5. The molecule has 1 saturated heterocycles. The Balaban J connectivity index is 1.18. The average Bonchev–Trinajstić information content (AvgIpc) is 3.15. The molecule has 2 aromatic carbocycles. The number of hydroxylamine groups is 2. The van der Waals surface area contributed by atoms with Gasteiger partial charge in [0.1, 0.15) is 0 Å². The van der Waals surface area contributed by atoms with E-state index in [0.717, 1.165) is 5.56 Å². The first-order valence-electron chi connectivity index (χ1n) is 10.4. The van der Waals surface area contributed by atoms with Crippen molar-refractivity contribution in [1.82, 2.24) is 20.3 Å². The number of fused-ring (bicyclic) bond motifs is 1. The second-order valence-electron chi connectivity index (χ2n) is 7.68. The van der Waals surface area contributed by atoms with Gasteiger partial charge in [0.15, 0.2) is 11.4 Å². The summed E-state index contributed by atoms with van der Waals surface area (Å²) in [5, 5.41) is 5.27. The number of Topliss-reactive ketones (excluding diaryl/α,β-unsaturated/α-hetero) is 1. The molecule has 4 rings (SSSR count). The fourth-order valence-corrected chi connectivity index (χ4v) is 4.18. The Labute approximate surface area is 199 Å². The van der Waals surface area contributed by atoms with E-state index < -0.39 is 11.8 Å². The van der Waals surface area contributed by atoms with E-state index >= 15 is 0 Å². The summed E-state index contributed by atoms with van der Waals surface area (Å²) in [5.74, 6) is -0.572. The number of benzene rings is 2. The van der Waals surface area contributed by atoms with E-state index in [2.05, 4.69) is 15.2 Å². The van der Waals surface area contributed by atoms with Gasteiger partial charge in [-0.05, 0) is 42.0 Å². The molecule has 2 heterocycles. The van der Waals surface area contributed by atoms with Gasteiger partial charge in [0, 0.05) is 61.3 Å². The number of aromatic amines is 1. The average molecular weight is 493 g/mol. The van der Waals surface area contributed by atoms with Gasteiger partial charge in [0.2, 0.25) is 0 Å². The Morgan fingerprint density at radius 2 is 1.79 bits per heavy atom. The lowest BCUT2D eigenvalue weighted by molar-refractivity contribution is -0.122. The molecule has 11 heteroatoms. The van der Waals surface area contributed by atoms with Crippen molar-refractivity contribution in [3.63, 3.8) is 0 Å². The molecule has 1 aliphatic rings. The van der Waals surface area contributed by atoms with Gasteiger partial charge in [0.25, 0.3) is 0 Å². The lowest BCUT2D eigenvalue weighted by atomic mass is 10.1. The number of carbonyl (C=O) groups is 2. The van der Waals surface area contributed by atoms with Crippen LogP contribution in [0.2, 0.25) is 10.0 Å². The summed E-state index contributed by atoms with van der Waals surface area (Å²) in [5.41, 5.74) is 2.21. The van der Waals surface area contributed by atoms with Crippen molar-refractivity contribution in [2.75, 3.05) is 32.7 Å². The number of ketones is 1. The predicted molar refractivity (Wildman–Crippen MR) is 124 cm³/mol. The quantitative estimate of drug-likeness (QED) is 0.486. The molecule has 0 radical (unpaired) electrons. The Bertz CT molecular complexity index is 1200. The summed E-state index contributed by atoms with van der Waals surface area (Å²) in [4.78, 5) is 45.9. The minimum Gasteiger partial charge on any atom is -0.408 e. The van der Waals surface area contributed by atoms with Crippen LogP contribution in [0.15, 0.2) is 45.6 Å². The summed E-state index contributed by atoms with van der Waals surface area (Å²) in [7, 11) is 0. The molecule has 0 saturated carbocycles. The molecule has 2 N–H and O–H groups in total. The van der Waals surface area contributed by atoms with E-state index in [1.807, 2.05) is 0 Å². The second kappa shape index (κ2) is 10.4. The molecule has 0 unspecified atom stereocenters. The number of rotatable bonds is 7. The number of hydrogen-bond acceptors (Lipinski definition) is 7. The van der Waals surface area contributed by atoms with Crippen LogP contribution in [0.4, 0.5) is 4.79 Å². The van der Waals surface area contributed by atoms with Crippen molar-refractivity contribution in [2.24, 2.45) is 0 Å². The first-order chi connectivity index (χ1) is 15.9. The number of nitrogens with one attached hydrogen (secondary N) is 2. The third-order valence-corrected chi connectivity index (χ3v) is 5.74. The van der Waals surface area contributed by atoms with Gasteiger partial charge in [-0.3, -0.25) is 9.78 Å². The zero-order valence-corrected chi connectivity index (χ0v) is 19.1. The molecule has 174 valence electrons. The van der Waals surface area contributed by atoms with Crippen molar-refractivity contribution in [2.45, 2.75) is 13.0 Å². The predicted octanol–water partition coefficient (Wildman–Crippen LogP) is 3.46. The van der Waals surface area contributed by atoms with E-state index in [-0.39, 0.29) is 12.3 Å². The fourth-order valence-electron chi connectivity index (χ4n) is 3.60. The highest BCUT2D eigenvalue weighted by atomic mass is 35.5.